The number of aromatic nitrogens is 2. The quantitative estimate of drug-likeness (QED) is 0.513. The molecule has 0 saturated heterocycles. The van der Waals surface area contributed by atoms with Crippen molar-refractivity contribution in [3.05, 3.63) is 30.5 Å². The van der Waals surface area contributed by atoms with Gasteiger partial charge < -0.3 is 15.0 Å². The number of nitrogens with one attached hydrogen (secondary N) is 1. The highest BCUT2D eigenvalue weighted by Gasteiger charge is 2.37. The molecular formula is C26H29N5O3S. The van der Waals surface area contributed by atoms with Crippen LogP contribution in [0.25, 0.3) is 21.3 Å². The van der Waals surface area contributed by atoms with Gasteiger partial charge in [0.2, 0.25) is 5.91 Å². The highest BCUT2D eigenvalue weighted by atomic mass is 32.1. The van der Waals surface area contributed by atoms with E-state index in [2.05, 4.69) is 27.3 Å². The fourth-order valence-electron chi connectivity index (χ4n) is 5.09. The van der Waals surface area contributed by atoms with E-state index in [1.54, 1.807) is 4.90 Å². The summed E-state index contributed by atoms with van der Waals surface area (Å²) in [5.74, 6) is 0.735. The number of fused-ring (bicyclic) bond motifs is 2. The van der Waals surface area contributed by atoms with Gasteiger partial charge in [0.05, 0.1) is 15.9 Å². The van der Waals surface area contributed by atoms with Gasteiger partial charge in [-0.15, -0.1) is 0 Å². The summed E-state index contributed by atoms with van der Waals surface area (Å²) >= 11 is 1.44. The zero-order chi connectivity index (χ0) is 23.9. The Balaban J connectivity index is 1.32. The van der Waals surface area contributed by atoms with Crippen LogP contribution in [-0.4, -0.2) is 47.2 Å². The highest BCUT2D eigenvalue weighted by Crippen LogP contribution is 2.41. The Bertz CT molecular complexity index is 1280. The summed E-state index contributed by atoms with van der Waals surface area (Å²) in [7, 11) is 0. The first-order valence-electron chi connectivity index (χ1n) is 12.5. The molecule has 2 saturated carbocycles. The molecule has 3 heterocycles. The second-order valence-electron chi connectivity index (χ2n) is 9.67. The lowest BCUT2D eigenvalue weighted by Crippen LogP contribution is -2.46. The first kappa shape index (κ1) is 22.3. The number of benzene rings is 1. The van der Waals surface area contributed by atoms with Crippen molar-refractivity contribution in [2.24, 2.45) is 0 Å². The molecule has 1 N–H and O–H groups in total. The maximum atomic E-state index is 13.3. The van der Waals surface area contributed by atoms with Crippen LogP contribution >= 0.6 is 11.3 Å². The van der Waals surface area contributed by atoms with Crippen molar-refractivity contribution >= 4 is 50.2 Å². The average molecular weight is 492 g/mol. The van der Waals surface area contributed by atoms with Crippen molar-refractivity contribution in [1.82, 2.24) is 9.97 Å². The summed E-state index contributed by atoms with van der Waals surface area (Å²) in [6.45, 7) is 2.86. The van der Waals surface area contributed by atoms with Crippen LogP contribution in [0.4, 0.5) is 21.4 Å². The first-order chi connectivity index (χ1) is 17.0. The molecule has 6 rings (SSSR count). The third kappa shape index (κ3) is 4.57. The van der Waals surface area contributed by atoms with Gasteiger partial charge >= 0.3 is 6.09 Å². The van der Waals surface area contributed by atoms with Crippen LogP contribution in [0.2, 0.25) is 0 Å². The topological polar surface area (TPSA) is 87.7 Å². The highest BCUT2D eigenvalue weighted by molar-refractivity contribution is 7.22. The number of rotatable bonds is 4. The van der Waals surface area contributed by atoms with Crippen LogP contribution in [0.15, 0.2) is 30.5 Å². The first-order valence-corrected chi connectivity index (χ1v) is 13.3. The van der Waals surface area contributed by atoms with E-state index in [1.165, 1.54) is 37.5 Å². The van der Waals surface area contributed by atoms with Crippen LogP contribution in [-0.2, 0) is 9.53 Å². The Morgan fingerprint density at radius 2 is 1.89 bits per heavy atom. The number of carbonyl (C=O) groups is 2. The summed E-state index contributed by atoms with van der Waals surface area (Å²) in [6, 6.07) is 8.61. The van der Waals surface area contributed by atoms with E-state index in [0.717, 1.165) is 65.1 Å². The number of amides is 2. The van der Waals surface area contributed by atoms with Crippen molar-refractivity contribution in [1.29, 1.82) is 0 Å². The van der Waals surface area contributed by atoms with Crippen LogP contribution in [0, 0.1) is 0 Å². The number of hydrogen-bond acceptors (Lipinski definition) is 7. The van der Waals surface area contributed by atoms with E-state index < -0.39 is 0 Å². The van der Waals surface area contributed by atoms with Crippen LogP contribution in [0.3, 0.4) is 0 Å². The smallest absolute Gasteiger partial charge is 0.414 e. The molecular weight excluding hydrogens is 462 g/mol. The maximum Gasteiger partial charge on any atom is 0.414 e. The van der Waals surface area contributed by atoms with Crippen LogP contribution in [0.5, 0.6) is 0 Å². The van der Waals surface area contributed by atoms with E-state index in [-0.39, 0.29) is 18.1 Å². The molecule has 2 aliphatic carbocycles. The van der Waals surface area contributed by atoms with Crippen molar-refractivity contribution < 1.29 is 14.3 Å². The summed E-state index contributed by atoms with van der Waals surface area (Å²) < 4.78 is 6.92. The molecule has 3 aromatic rings. The molecule has 8 nitrogen and oxygen atoms in total. The monoisotopic (exact) mass is 491 g/mol. The predicted molar refractivity (Wildman–Crippen MR) is 138 cm³/mol. The van der Waals surface area contributed by atoms with Crippen LogP contribution < -0.4 is 15.1 Å². The lowest BCUT2D eigenvalue weighted by molar-refractivity contribution is -0.114. The second kappa shape index (κ2) is 9.11. The predicted octanol–water partition coefficient (Wildman–Crippen LogP) is 5.57. The fourth-order valence-corrected chi connectivity index (χ4v) is 6.04. The molecule has 2 fully saturated rings. The Kier molecular flexibility index (Phi) is 5.80. The minimum absolute atomic E-state index is 0.0175. The van der Waals surface area contributed by atoms with Crippen molar-refractivity contribution in [3.8, 4) is 11.1 Å². The minimum Gasteiger partial charge on any atom is -0.446 e. The maximum absolute atomic E-state index is 13.3. The Morgan fingerprint density at radius 1 is 1.06 bits per heavy atom. The number of anilines is 3. The molecule has 0 bridgehead atoms. The van der Waals surface area contributed by atoms with Crippen LogP contribution in [0.1, 0.15) is 51.9 Å². The molecule has 3 aliphatic rings. The van der Waals surface area contributed by atoms with Crippen molar-refractivity contribution in [3.63, 3.8) is 0 Å². The van der Waals surface area contributed by atoms with E-state index in [9.17, 15) is 9.59 Å². The number of pyridine rings is 1. The van der Waals surface area contributed by atoms with E-state index in [1.807, 2.05) is 18.3 Å². The molecule has 1 aromatic carbocycles. The summed E-state index contributed by atoms with van der Waals surface area (Å²) in [6.07, 6.45) is 9.37. The summed E-state index contributed by atoms with van der Waals surface area (Å²) in [5.41, 5.74) is 3.60. The lowest BCUT2D eigenvalue weighted by Gasteiger charge is -2.37. The molecule has 2 aromatic heterocycles. The van der Waals surface area contributed by atoms with Gasteiger partial charge in [-0.05, 0) is 62.3 Å². The molecule has 2 amide bonds. The summed E-state index contributed by atoms with van der Waals surface area (Å²) in [4.78, 5) is 38.1. The van der Waals surface area contributed by atoms with E-state index in [4.69, 9.17) is 9.72 Å². The van der Waals surface area contributed by atoms with Gasteiger partial charge in [-0.25, -0.2) is 14.8 Å². The lowest BCUT2D eigenvalue weighted by atomic mass is 9.98. The Morgan fingerprint density at radius 3 is 2.66 bits per heavy atom. The second-order valence-corrected chi connectivity index (χ2v) is 10.7. The third-order valence-electron chi connectivity index (χ3n) is 7.01. The molecule has 0 spiro atoms. The molecule has 35 heavy (non-hydrogen) atoms. The fraction of sp³-hybridized carbons (Fsp3) is 0.462. The SMILES string of the molecule is CC(=O)Nc1nc2ccc(-c3cnc4c(c3)N(C(=O)OC3CCCCC3)CCN4C3CC3)cc2s1. The molecule has 0 unspecified atom stereocenters. The number of thiazole rings is 1. The number of ether oxygens (including phenoxy) is 1. The zero-order valence-electron chi connectivity index (χ0n) is 19.8. The minimum atomic E-state index is -0.259. The van der Waals surface area contributed by atoms with Gasteiger partial charge in [-0.1, -0.05) is 23.8 Å². The average Bonchev–Trinajstić information content (AvgIpc) is 3.62. The number of carbonyl (C=O) groups excluding carboxylic acids is 2. The van der Waals surface area contributed by atoms with Gasteiger partial charge in [-0.3, -0.25) is 9.69 Å². The van der Waals surface area contributed by atoms with E-state index in [0.29, 0.717) is 17.7 Å². The van der Waals surface area contributed by atoms with Gasteiger partial charge in [0.25, 0.3) is 0 Å². The molecule has 9 heteroatoms. The van der Waals surface area contributed by atoms with Gasteiger partial charge in [0, 0.05) is 37.8 Å². The van der Waals surface area contributed by atoms with Gasteiger partial charge in [0.1, 0.15) is 6.10 Å². The van der Waals surface area contributed by atoms with Gasteiger partial charge in [0.15, 0.2) is 10.9 Å². The van der Waals surface area contributed by atoms with Gasteiger partial charge in [-0.2, -0.15) is 0 Å². The van der Waals surface area contributed by atoms with E-state index >= 15 is 0 Å². The summed E-state index contributed by atoms with van der Waals surface area (Å²) in [5, 5.41) is 3.35. The number of hydrogen-bond donors (Lipinski definition) is 1. The molecule has 0 atom stereocenters. The molecule has 1 aliphatic heterocycles. The van der Waals surface area contributed by atoms with Crippen molar-refractivity contribution in [2.75, 3.05) is 28.2 Å². The zero-order valence-corrected chi connectivity index (χ0v) is 20.6. The third-order valence-corrected chi connectivity index (χ3v) is 7.94. The largest absolute Gasteiger partial charge is 0.446 e. The normalized spacial score (nSPS) is 18.4. The number of nitrogens with zero attached hydrogens (tertiary/aromatic N) is 4. The Hall–Kier alpha value is -3.20. The standard InChI is InChI=1S/C26H29N5O3S/c1-16(32)28-25-29-21-10-7-17(14-23(21)35-25)18-13-22-24(27-15-18)30(19-8-9-19)11-12-31(22)26(33)34-20-5-3-2-4-6-20/h7,10,13-15,19-20H,2-6,8-9,11-12H2,1H3,(H,28,29,32). The Labute approximate surface area is 208 Å². The van der Waals surface area contributed by atoms with Crippen molar-refractivity contribution in [2.45, 2.75) is 64.0 Å². The molecule has 0 radical (unpaired) electrons. The molecule has 182 valence electrons.